The van der Waals surface area contributed by atoms with Crippen LogP contribution in [-0.2, 0) is 6.54 Å². The molecule has 0 aromatic carbocycles. The third kappa shape index (κ3) is 3.76. The number of rotatable bonds is 6. The van der Waals surface area contributed by atoms with Crippen LogP contribution in [0.4, 0.5) is 0 Å². The summed E-state index contributed by atoms with van der Waals surface area (Å²) in [4.78, 5) is 7.91. The van der Waals surface area contributed by atoms with Crippen molar-refractivity contribution in [2.24, 2.45) is 5.73 Å². The molecule has 0 saturated carbocycles. The molecule has 0 aliphatic rings. The molecule has 0 fully saturated rings. The lowest BCUT2D eigenvalue weighted by molar-refractivity contribution is 0.204. The zero-order chi connectivity index (χ0) is 13.7. The second kappa shape index (κ2) is 7.01. The van der Waals surface area contributed by atoms with Crippen LogP contribution in [0.3, 0.4) is 0 Å². The van der Waals surface area contributed by atoms with E-state index in [1.807, 2.05) is 30.5 Å². The summed E-state index contributed by atoms with van der Waals surface area (Å²) in [5, 5.41) is 0. The molecule has 0 radical (unpaired) electrons. The van der Waals surface area contributed by atoms with E-state index < -0.39 is 0 Å². The van der Waals surface area contributed by atoms with Gasteiger partial charge < -0.3 is 5.73 Å². The Kier molecular flexibility index (Phi) is 5.34. The van der Waals surface area contributed by atoms with Gasteiger partial charge in [0.1, 0.15) is 0 Å². The maximum atomic E-state index is 6.02. The molecule has 0 spiro atoms. The molecule has 2 rings (SSSR count). The molecule has 1 atom stereocenters. The lowest BCUT2D eigenvalue weighted by Gasteiger charge is -2.28. The first kappa shape index (κ1) is 14.5. The van der Waals surface area contributed by atoms with Crippen molar-refractivity contribution >= 4 is 22.9 Å². The van der Waals surface area contributed by atoms with Gasteiger partial charge in [-0.05, 0) is 30.8 Å². The molecule has 1 unspecified atom stereocenters. The fourth-order valence-corrected chi connectivity index (χ4v) is 3.30. The quantitative estimate of drug-likeness (QED) is 0.889. The van der Waals surface area contributed by atoms with Crippen LogP contribution < -0.4 is 5.73 Å². The van der Waals surface area contributed by atoms with Crippen LogP contribution in [0.25, 0.3) is 0 Å². The van der Waals surface area contributed by atoms with Gasteiger partial charge in [-0.1, -0.05) is 24.6 Å². The summed E-state index contributed by atoms with van der Waals surface area (Å²) in [7, 11) is 0. The van der Waals surface area contributed by atoms with Crippen LogP contribution in [-0.4, -0.2) is 23.0 Å². The Balaban J connectivity index is 2.15. The molecule has 102 valence electrons. The van der Waals surface area contributed by atoms with E-state index in [9.17, 15) is 0 Å². The second-order valence-corrected chi connectivity index (χ2v) is 6.02. The number of likely N-dealkylation sites (N-methyl/N-ethyl adjacent to an activating group) is 1. The molecule has 2 aromatic heterocycles. The minimum atomic E-state index is 0.199. The molecule has 0 aliphatic carbocycles. The highest BCUT2D eigenvalue weighted by atomic mass is 35.5. The fourth-order valence-electron chi connectivity index (χ4n) is 2.09. The van der Waals surface area contributed by atoms with Crippen molar-refractivity contribution in [2.45, 2.75) is 19.5 Å². The molecule has 0 saturated heterocycles. The fraction of sp³-hybridized carbons (Fsp3) is 0.357. The number of hydrogen-bond acceptors (Lipinski definition) is 4. The summed E-state index contributed by atoms with van der Waals surface area (Å²) in [6, 6.07) is 10.2. The molecule has 2 heterocycles. The summed E-state index contributed by atoms with van der Waals surface area (Å²) >= 11 is 7.61. The third-order valence-corrected chi connectivity index (χ3v) is 4.42. The molecule has 0 amide bonds. The molecule has 0 aliphatic heterocycles. The van der Waals surface area contributed by atoms with E-state index in [1.165, 1.54) is 4.88 Å². The van der Waals surface area contributed by atoms with E-state index in [-0.39, 0.29) is 6.04 Å². The van der Waals surface area contributed by atoms with Crippen molar-refractivity contribution in [3.63, 3.8) is 0 Å². The SMILES string of the molecule is CCN(Cc1ccccn1)C(CN)c1ccc(Cl)s1. The zero-order valence-electron chi connectivity index (χ0n) is 10.9. The van der Waals surface area contributed by atoms with Crippen LogP contribution in [0.15, 0.2) is 36.5 Å². The van der Waals surface area contributed by atoms with Gasteiger partial charge in [0, 0.05) is 24.2 Å². The van der Waals surface area contributed by atoms with E-state index in [4.69, 9.17) is 17.3 Å². The Bertz CT molecular complexity index is 500. The number of pyridine rings is 1. The maximum Gasteiger partial charge on any atom is 0.0931 e. The van der Waals surface area contributed by atoms with Crippen LogP contribution in [0.2, 0.25) is 4.34 Å². The van der Waals surface area contributed by atoms with Crippen LogP contribution in [0, 0.1) is 0 Å². The Morgan fingerprint density at radius 3 is 2.74 bits per heavy atom. The first-order valence-electron chi connectivity index (χ1n) is 6.33. The standard InChI is InChI=1S/C14H18ClN3S/c1-2-18(10-11-5-3-4-8-17-11)12(9-16)13-6-7-14(15)19-13/h3-8,12H,2,9-10,16H2,1H3. The number of aromatic nitrogens is 1. The molecular weight excluding hydrogens is 278 g/mol. The van der Waals surface area contributed by atoms with E-state index in [1.54, 1.807) is 11.3 Å². The molecule has 5 heteroatoms. The minimum Gasteiger partial charge on any atom is -0.329 e. The Hall–Kier alpha value is -0.940. The zero-order valence-corrected chi connectivity index (χ0v) is 12.5. The number of thiophene rings is 1. The van der Waals surface area contributed by atoms with Crippen molar-refractivity contribution in [1.82, 2.24) is 9.88 Å². The number of hydrogen-bond donors (Lipinski definition) is 1. The normalized spacial score (nSPS) is 12.8. The average Bonchev–Trinajstić information content (AvgIpc) is 2.86. The van der Waals surface area contributed by atoms with Crippen molar-refractivity contribution in [2.75, 3.05) is 13.1 Å². The van der Waals surface area contributed by atoms with Gasteiger partial charge in [-0.2, -0.15) is 0 Å². The second-order valence-electron chi connectivity index (χ2n) is 4.28. The molecule has 0 bridgehead atoms. The summed E-state index contributed by atoms with van der Waals surface area (Å²) in [5.41, 5.74) is 7.01. The Morgan fingerprint density at radius 1 is 1.37 bits per heavy atom. The first-order chi connectivity index (χ1) is 9.24. The molecule has 19 heavy (non-hydrogen) atoms. The summed E-state index contributed by atoms with van der Waals surface area (Å²) in [5.74, 6) is 0. The van der Waals surface area contributed by atoms with E-state index in [2.05, 4.69) is 22.9 Å². The van der Waals surface area contributed by atoms with Crippen molar-refractivity contribution in [3.05, 3.63) is 51.4 Å². The molecule has 3 nitrogen and oxygen atoms in total. The predicted molar refractivity (Wildman–Crippen MR) is 81.4 cm³/mol. The Labute approximate surface area is 123 Å². The van der Waals surface area contributed by atoms with Gasteiger partial charge in [-0.15, -0.1) is 11.3 Å². The van der Waals surface area contributed by atoms with Crippen LogP contribution >= 0.6 is 22.9 Å². The van der Waals surface area contributed by atoms with Crippen molar-refractivity contribution in [1.29, 1.82) is 0 Å². The predicted octanol–water partition coefficient (Wildman–Crippen LogP) is 3.32. The smallest absolute Gasteiger partial charge is 0.0931 e. The molecule has 2 aromatic rings. The highest BCUT2D eigenvalue weighted by Gasteiger charge is 2.19. The molecule has 2 N–H and O–H groups in total. The summed E-state index contributed by atoms with van der Waals surface area (Å²) in [6.07, 6.45) is 1.82. The largest absolute Gasteiger partial charge is 0.329 e. The highest BCUT2D eigenvalue weighted by molar-refractivity contribution is 7.16. The van der Waals surface area contributed by atoms with Gasteiger partial charge in [0.25, 0.3) is 0 Å². The van der Waals surface area contributed by atoms with Crippen LogP contribution in [0.1, 0.15) is 23.5 Å². The number of nitrogens with two attached hydrogens (primary N) is 1. The van der Waals surface area contributed by atoms with Crippen LogP contribution in [0.5, 0.6) is 0 Å². The lowest BCUT2D eigenvalue weighted by atomic mass is 10.2. The van der Waals surface area contributed by atoms with Crippen molar-refractivity contribution in [3.8, 4) is 0 Å². The van der Waals surface area contributed by atoms with E-state index >= 15 is 0 Å². The Morgan fingerprint density at radius 2 is 2.21 bits per heavy atom. The van der Waals surface area contributed by atoms with Gasteiger partial charge >= 0.3 is 0 Å². The minimum absolute atomic E-state index is 0.199. The van der Waals surface area contributed by atoms with Gasteiger partial charge in [0.05, 0.1) is 16.1 Å². The number of nitrogens with zero attached hydrogens (tertiary/aromatic N) is 2. The lowest BCUT2D eigenvalue weighted by Crippen LogP contribution is -2.33. The van der Waals surface area contributed by atoms with E-state index in [0.717, 1.165) is 23.1 Å². The van der Waals surface area contributed by atoms with Gasteiger partial charge in [-0.25, -0.2) is 0 Å². The molecular formula is C14H18ClN3S. The average molecular weight is 296 g/mol. The number of halogens is 1. The van der Waals surface area contributed by atoms with E-state index in [0.29, 0.717) is 6.54 Å². The van der Waals surface area contributed by atoms with Gasteiger partial charge in [0.2, 0.25) is 0 Å². The first-order valence-corrected chi connectivity index (χ1v) is 7.53. The van der Waals surface area contributed by atoms with Crippen molar-refractivity contribution < 1.29 is 0 Å². The monoisotopic (exact) mass is 295 g/mol. The maximum absolute atomic E-state index is 6.02. The highest BCUT2D eigenvalue weighted by Crippen LogP contribution is 2.30. The van der Waals surface area contributed by atoms with Gasteiger partial charge in [0.15, 0.2) is 0 Å². The van der Waals surface area contributed by atoms with Gasteiger partial charge in [-0.3, -0.25) is 9.88 Å². The summed E-state index contributed by atoms with van der Waals surface area (Å²) < 4.78 is 0.808. The third-order valence-electron chi connectivity index (χ3n) is 3.08. The topological polar surface area (TPSA) is 42.2 Å². The summed E-state index contributed by atoms with van der Waals surface area (Å²) in [6.45, 7) is 4.45.